The first-order valence-corrected chi connectivity index (χ1v) is 7.02. The molecule has 2 unspecified atom stereocenters. The molecule has 1 saturated heterocycles. The van der Waals surface area contributed by atoms with Gasteiger partial charge in [-0.1, -0.05) is 13.0 Å². The van der Waals surface area contributed by atoms with Crippen molar-refractivity contribution in [2.45, 2.75) is 39.2 Å². The van der Waals surface area contributed by atoms with Crippen LogP contribution in [0, 0.1) is 12.8 Å². The van der Waals surface area contributed by atoms with Crippen LogP contribution in [0.3, 0.4) is 0 Å². The summed E-state index contributed by atoms with van der Waals surface area (Å²) in [5.74, 6) is 0.694. The lowest BCUT2D eigenvalue weighted by Gasteiger charge is -2.21. The lowest BCUT2D eigenvalue weighted by atomic mass is 9.94. The second-order valence-electron chi connectivity index (χ2n) is 5.27. The van der Waals surface area contributed by atoms with Crippen LogP contribution in [0.1, 0.15) is 43.4 Å². The third-order valence-electron chi connectivity index (χ3n) is 3.53. The molecule has 100 valence electrons. The van der Waals surface area contributed by atoms with E-state index in [0.29, 0.717) is 12.0 Å². The fourth-order valence-electron chi connectivity index (χ4n) is 2.53. The molecule has 1 N–H and O–H groups in total. The van der Waals surface area contributed by atoms with Crippen LogP contribution < -0.4 is 5.32 Å². The molecule has 0 aromatic carbocycles. The Kier molecular flexibility index (Phi) is 5.14. The predicted molar refractivity (Wildman–Crippen MR) is 73.6 cm³/mol. The van der Waals surface area contributed by atoms with E-state index in [1.807, 2.05) is 12.4 Å². The molecule has 0 spiro atoms. The highest BCUT2D eigenvalue weighted by Gasteiger charge is 2.21. The molecule has 0 saturated carbocycles. The van der Waals surface area contributed by atoms with Gasteiger partial charge < -0.3 is 10.1 Å². The molecule has 1 aliphatic rings. The van der Waals surface area contributed by atoms with E-state index in [9.17, 15) is 0 Å². The number of nitrogens with one attached hydrogen (secondary N) is 1. The van der Waals surface area contributed by atoms with Crippen LogP contribution in [0.5, 0.6) is 0 Å². The SMILES string of the molecule is CCCNC(CC1CCOC1)c1cncc(C)c1. The molecule has 0 radical (unpaired) electrons. The molecule has 2 heterocycles. The molecule has 0 aliphatic carbocycles. The molecule has 1 aromatic rings. The third-order valence-corrected chi connectivity index (χ3v) is 3.53. The summed E-state index contributed by atoms with van der Waals surface area (Å²) in [6, 6.07) is 2.67. The molecule has 0 amide bonds. The first-order valence-electron chi connectivity index (χ1n) is 7.02. The number of ether oxygens (including phenoxy) is 1. The Balaban J connectivity index is 2.03. The second-order valence-corrected chi connectivity index (χ2v) is 5.27. The van der Waals surface area contributed by atoms with Gasteiger partial charge in [0.25, 0.3) is 0 Å². The van der Waals surface area contributed by atoms with Crippen molar-refractivity contribution in [2.24, 2.45) is 5.92 Å². The van der Waals surface area contributed by atoms with E-state index in [1.54, 1.807) is 0 Å². The molecule has 0 bridgehead atoms. The van der Waals surface area contributed by atoms with Crippen molar-refractivity contribution in [3.63, 3.8) is 0 Å². The maximum atomic E-state index is 5.48. The Hall–Kier alpha value is -0.930. The van der Waals surface area contributed by atoms with Gasteiger partial charge in [-0.2, -0.15) is 0 Å². The fraction of sp³-hybridized carbons (Fsp3) is 0.667. The van der Waals surface area contributed by atoms with Gasteiger partial charge in [0.05, 0.1) is 0 Å². The number of aryl methyl sites for hydroxylation is 1. The first kappa shape index (κ1) is 13.5. The Labute approximate surface area is 110 Å². The minimum absolute atomic E-state index is 0.420. The second kappa shape index (κ2) is 6.86. The summed E-state index contributed by atoms with van der Waals surface area (Å²) in [5, 5.41) is 3.64. The van der Waals surface area contributed by atoms with Gasteiger partial charge in [0.1, 0.15) is 0 Å². The molecule has 18 heavy (non-hydrogen) atoms. The smallest absolute Gasteiger partial charge is 0.0495 e. The summed E-state index contributed by atoms with van der Waals surface area (Å²) in [4.78, 5) is 4.32. The van der Waals surface area contributed by atoms with Gasteiger partial charge in [-0.05, 0) is 49.8 Å². The van der Waals surface area contributed by atoms with E-state index < -0.39 is 0 Å². The molecule has 2 atom stereocenters. The molecular formula is C15H24N2O. The van der Waals surface area contributed by atoms with Gasteiger partial charge >= 0.3 is 0 Å². The van der Waals surface area contributed by atoms with Crippen molar-refractivity contribution in [2.75, 3.05) is 19.8 Å². The topological polar surface area (TPSA) is 34.1 Å². The summed E-state index contributed by atoms with van der Waals surface area (Å²) >= 11 is 0. The van der Waals surface area contributed by atoms with E-state index in [4.69, 9.17) is 4.74 Å². The number of hydrogen-bond acceptors (Lipinski definition) is 3. The van der Waals surface area contributed by atoms with Crippen LogP contribution in [0.15, 0.2) is 18.5 Å². The van der Waals surface area contributed by atoms with Crippen molar-refractivity contribution >= 4 is 0 Å². The monoisotopic (exact) mass is 248 g/mol. The zero-order chi connectivity index (χ0) is 12.8. The third kappa shape index (κ3) is 3.79. The Morgan fingerprint density at radius 3 is 3.06 bits per heavy atom. The van der Waals surface area contributed by atoms with Crippen LogP contribution in [-0.4, -0.2) is 24.7 Å². The van der Waals surface area contributed by atoms with E-state index in [1.165, 1.54) is 17.5 Å². The molecule has 2 rings (SSSR count). The number of aromatic nitrogens is 1. The summed E-state index contributed by atoms with van der Waals surface area (Å²) in [5.41, 5.74) is 2.55. The minimum atomic E-state index is 0.420. The summed E-state index contributed by atoms with van der Waals surface area (Å²) in [6.45, 7) is 7.22. The van der Waals surface area contributed by atoms with Gasteiger partial charge in [0.2, 0.25) is 0 Å². The Bertz CT molecular complexity index is 361. The van der Waals surface area contributed by atoms with Crippen LogP contribution in [0.2, 0.25) is 0 Å². The fourth-order valence-corrected chi connectivity index (χ4v) is 2.53. The average molecular weight is 248 g/mol. The van der Waals surface area contributed by atoms with Gasteiger partial charge in [0, 0.05) is 31.6 Å². The number of nitrogens with zero attached hydrogens (tertiary/aromatic N) is 1. The van der Waals surface area contributed by atoms with Gasteiger partial charge in [-0.15, -0.1) is 0 Å². The van der Waals surface area contributed by atoms with Crippen LogP contribution in [0.4, 0.5) is 0 Å². The molecule has 1 fully saturated rings. The normalized spacial score (nSPS) is 21.1. The number of pyridine rings is 1. The van der Waals surface area contributed by atoms with Crippen molar-refractivity contribution in [3.8, 4) is 0 Å². The predicted octanol–water partition coefficient (Wildman–Crippen LogP) is 2.86. The van der Waals surface area contributed by atoms with Gasteiger partial charge in [0.15, 0.2) is 0 Å². The van der Waals surface area contributed by atoms with Crippen molar-refractivity contribution in [1.29, 1.82) is 0 Å². The van der Waals surface area contributed by atoms with E-state index >= 15 is 0 Å². The van der Waals surface area contributed by atoms with Crippen LogP contribution in [0.25, 0.3) is 0 Å². The van der Waals surface area contributed by atoms with E-state index in [0.717, 1.165) is 32.6 Å². The van der Waals surface area contributed by atoms with Crippen LogP contribution >= 0.6 is 0 Å². The molecular weight excluding hydrogens is 224 g/mol. The number of rotatable bonds is 6. The highest BCUT2D eigenvalue weighted by Crippen LogP contribution is 2.26. The quantitative estimate of drug-likeness (QED) is 0.840. The average Bonchev–Trinajstić information content (AvgIpc) is 2.87. The summed E-state index contributed by atoms with van der Waals surface area (Å²) in [6.07, 6.45) is 7.43. The van der Waals surface area contributed by atoms with Gasteiger partial charge in [-0.25, -0.2) is 0 Å². The highest BCUT2D eigenvalue weighted by molar-refractivity contribution is 5.20. The largest absolute Gasteiger partial charge is 0.381 e. The van der Waals surface area contributed by atoms with E-state index in [2.05, 4.69) is 30.2 Å². The molecule has 3 nitrogen and oxygen atoms in total. The maximum Gasteiger partial charge on any atom is 0.0495 e. The minimum Gasteiger partial charge on any atom is -0.381 e. The van der Waals surface area contributed by atoms with Crippen molar-refractivity contribution in [3.05, 3.63) is 29.6 Å². The zero-order valence-electron chi connectivity index (χ0n) is 11.5. The molecule has 3 heteroatoms. The maximum absolute atomic E-state index is 5.48. The summed E-state index contributed by atoms with van der Waals surface area (Å²) in [7, 11) is 0. The highest BCUT2D eigenvalue weighted by atomic mass is 16.5. The lowest BCUT2D eigenvalue weighted by Crippen LogP contribution is -2.25. The summed E-state index contributed by atoms with van der Waals surface area (Å²) < 4.78 is 5.48. The Morgan fingerprint density at radius 1 is 1.50 bits per heavy atom. The molecule has 1 aromatic heterocycles. The van der Waals surface area contributed by atoms with E-state index in [-0.39, 0.29) is 0 Å². The first-order chi connectivity index (χ1) is 8.79. The lowest BCUT2D eigenvalue weighted by molar-refractivity contribution is 0.181. The van der Waals surface area contributed by atoms with Crippen molar-refractivity contribution in [1.82, 2.24) is 10.3 Å². The zero-order valence-corrected chi connectivity index (χ0v) is 11.5. The van der Waals surface area contributed by atoms with Gasteiger partial charge in [-0.3, -0.25) is 4.98 Å². The number of hydrogen-bond donors (Lipinski definition) is 1. The standard InChI is InChI=1S/C15H24N2O/c1-3-5-17-15(8-13-4-6-18-11-13)14-7-12(2)9-16-10-14/h7,9-10,13,15,17H,3-6,8,11H2,1-2H3. The molecule has 1 aliphatic heterocycles. The van der Waals surface area contributed by atoms with Crippen molar-refractivity contribution < 1.29 is 4.74 Å². The van der Waals surface area contributed by atoms with Crippen LogP contribution in [-0.2, 0) is 4.74 Å². The Morgan fingerprint density at radius 2 is 2.39 bits per heavy atom.